The lowest BCUT2D eigenvalue weighted by molar-refractivity contribution is -0.150. The van der Waals surface area contributed by atoms with Crippen LogP contribution in [0.4, 0.5) is 0 Å². The minimum Gasteiger partial charge on any atom is -0.477 e. The molecule has 1 unspecified atom stereocenters. The number of carboxylic acid groups (broad SMARTS) is 1. The predicted molar refractivity (Wildman–Crippen MR) is 131 cm³/mol. The zero-order chi connectivity index (χ0) is 25.9. The maximum atomic E-state index is 12.8. The van der Waals surface area contributed by atoms with E-state index in [1.54, 1.807) is 0 Å². The van der Waals surface area contributed by atoms with Gasteiger partial charge in [-0.2, -0.15) is 8.42 Å². The third-order valence-corrected chi connectivity index (χ3v) is 8.97. The molecule has 2 aliphatic rings. The van der Waals surface area contributed by atoms with Crippen molar-refractivity contribution in [2.45, 2.75) is 29.5 Å². The summed E-state index contributed by atoms with van der Waals surface area (Å²) in [6.45, 7) is 0.380. The molecule has 14 nitrogen and oxygen atoms in total. The number of amides is 2. The Morgan fingerprint density at radius 2 is 2.14 bits per heavy atom. The van der Waals surface area contributed by atoms with Crippen LogP contribution in [-0.2, 0) is 37.5 Å². The van der Waals surface area contributed by atoms with E-state index in [9.17, 15) is 27.9 Å². The molecule has 0 spiro atoms. The molecule has 0 saturated carbocycles. The zero-order valence-corrected chi connectivity index (χ0v) is 21.7. The van der Waals surface area contributed by atoms with Crippen LogP contribution >= 0.6 is 34.9 Å². The maximum Gasteiger partial charge on any atom is 0.352 e. The lowest BCUT2D eigenvalue weighted by atomic mass is 10.0. The Labute approximate surface area is 217 Å². The van der Waals surface area contributed by atoms with Gasteiger partial charge in [-0.3, -0.25) is 24.4 Å². The molecule has 4 N–H and O–H groups in total. The number of nitrogens with one attached hydrogen (secondary N) is 2. The molecule has 4 rings (SSSR count). The van der Waals surface area contributed by atoms with Crippen LogP contribution < -0.4 is 10.6 Å². The molecule has 1 fully saturated rings. The number of hydrogen-bond acceptors (Lipinski definition) is 12. The first-order valence-electron chi connectivity index (χ1n) is 10.4. The molecule has 4 heterocycles. The molecule has 0 aromatic carbocycles. The van der Waals surface area contributed by atoms with Crippen molar-refractivity contribution in [2.75, 3.05) is 23.9 Å². The van der Waals surface area contributed by atoms with Crippen molar-refractivity contribution in [1.29, 1.82) is 0 Å². The molecule has 0 radical (unpaired) electrons. The lowest BCUT2D eigenvalue weighted by Gasteiger charge is -2.49. The highest BCUT2D eigenvalue weighted by atomic mass is 32.2. The van der Waals surface area contributed by atoms with Gasteiger partial charge in [0.15, 0.2) is 0 Å². The van der Waals surface area contributed by atoms with Gasteiger partial charge in [0.1, 0.15) is 23.0 Å². The maximum absolute atomic E-state index is 12.8. The van der Waals surface area contributed by atoms with E-state index in [1.165, 1.54) is 44.4 Å². The van der Waals surface area contributed by atoms with Gasteiger partial charge < -0.3 is 10.4 Å². The summed E-state index contributed by atoms with van der Waals surface area (Å²) in [6.07, 6.45) is 0.155. The van der Waals surface area contributed by atoms with Crippen molar-refractivity contribution in [1.82, 2.24) is 35.7 Å². The van der Waals surface area contributed by atoms with Crippen molar-refractivity contribution in [2.24, 2.45) is 0 Å². The van der Waals surface area contributed by atoms with Crippen molar-refractivity contribution in [3.8, 4) is 0 Å². The number of tetrazole rings is 1. The fourth-order valence-corrected chi connectivity index (χ4v) is 7.06. The largest absolute Gasteiger partial charge is 0.477 e. The summed E-state index contributed by atoms with van der Waals surface area (Å²) in [5.41, 5.74) is 0.415. The van der Waals surface area contributed by atoms with Crippen LogP contribution in [0.25, 0.3) is 0 Å². The molecule has 36 heavy (non-hydrogen) atoms. The van der Waals surface area contributed by atoms with Crippen molar-refractivity contribution in [3.05, 3.63) is 33.7 Å². The highest BCUT2D eigenvalue weighted by Crippen LogP contribution is 2.41. The van der Waals surface area contributed by atoms with Gasteiger partial charge >= 0.3 is 5.97 Å². The summed E-state index contributed by atoms with van der Waals surface area (Å²) < 4.78 is 31.7. The van der Waals surface area contributed by atoms with Crippen molar-refractivity contribution in [3.63, 3.8) is 0 Å². The first kappa shape index (κ1) is 26.6. The molecule has 0 bridgehead atoms. The minimum atomic E-state index is -4.14. The highest BCUT2D eigenvalue weighted by molar-refractivity contribution is 8.01. The van der Waals surface area contributed by atoms with Crippen LogP contribution in [-0.4, -0.2) is 96.3 Å². The van der Waals surface area contributed by atoms with Crippen LogP contribution in [0.2, 0.25) is 0 Å². The molecule has 2 aromatic heterocycles. The quantitative estimate of drug-likeness (QED) is 0.107. The van der Waals surface area contributed by atoms with Gasteiger partial charge in [0.2, 0.25) is 11.1 Å². The number of carbonyl (C=O) groups excluding carboxylic acids is 2. The first-order valence-corrected chi connectivity index (χ1v) is 14.9. The Balaban J connectivity index is 1.36. The van der Waals surface area contributed by atoms with Crippen LogP contribution in [0.1, 0.15) is 4.88 Å². The molecule has 2 aromatic rings. The third-order valence-electron chi connectivity index (χ3n) is 5.14. The number of carbonyl (C=O) groups is 3. The number of aliphatic carboxylic acids is 1. The van der Waals surface area contributed by atoms with E-state index < -0.39 is 39.3 Å². The summed E-state index contributed by atoms with van der Waals surface area (Å²) >= 11 is 3.99. The third kappa shape index (κ3) is 6.24. The Kier molecular flexibility index (Phi) is 8.30. The number of fused-ring (bicyclic) bond motifs is 1. The summed E-state index contributed by atoms with van der Waals surface area (Å²) in [5, 5.41) is 28.1. The Morgan fingerprint density at radius 1 is 1.33 bits per heavy atom. The zero-order valence-electron chi connectivity index (χ0n) is 18.4. The second kappa shape index (κ2) is 11.3. The number of carboxylic acids is 1. The Morgan fingerprint density at radius 3 is 2.83 bits per heavy atom. The summed E-state index contributed by atoms with van der Waals surface area (Å²) in [7, 11) is -4.14. The van der Waals surface area contributed by atoms with E-state index in [0.717, 1.165) is 4.88 Å². The fourth-order valence-electron chi connectivity index (χ4n) is 3.57. The Bertz CT molecular complexity index is 1280. The van der Waals surface area contributed by atoms with Crippen LogP contribution in [0.15, 0.2) is 33.9 Å². The SMILES string of the molecule is O=C(Cc1cccs1)NC1C(=O)N2C(C(=O)O)=C(CSc3nnnn3CCNCS(=O)(=O)O)CS[C@H]12. The number of rotatable bonds is 12. The molecule has 18 heteroatoms. The summed E-state index contributed by atoms with van der Waals surface area (Å²) in [4.78, 5) is 39.3. The number of thioether (sulfide) groups is 2. The number of thiophene rings is 1. The number of β-lactam (4-membered cyclic amide) rings is 1. The van der Waals surface area contributed by atoms with Crippen LogP contribution in [0, 0.1) is 0 Å². The molecular weight excluding hydrogens is 555 g/mol. The van der Waals surface area contributed by atoms with Crippen molar-refractivity contribution >= 4 is 62.8 Å². The molecule has 1 saturated heterocycles. The van der Waals surface area contributed by atoms with Gasteiger partial charge in [0.05, 0.1) is 13.0 Å². The second-order valence-electron chi connectivity index (χ2n) is 7.67. The van der Waals surface area contributed by atoms with E-state index in [1.807, 2.05) is 17.5 Å². The standard InChI is InChI=1S/C18H21N7O7S4/c26-12(6-11-2-1-5-33-11)20-13-15(27)25-14(17(28)29)10(7-34-16(13)25)8-35-18-21-22-23-24(18)4-3-19-9-36(30,31)32/h1-2,5,13,16,19H,3-4,6-9H2,(H,20,26)(H,28,29)(H,30,31,32)/t13?,16-/m1/s1. The summed E-state index contributed by atoms with van der Waals surface area (Å²) in [5.74, 6) is -2.05. The Hall–Kier alpha value is -2.51. The van der Waals surface area contributed by atoms with Gasteiger partial charge in [-0.15, -0.1) is 28.2 Å². The van der Waals surface area contributed by atoms with Crippen LogP contribution in [0.5, 0.6) is 0 Å². The average molecular weight is 576 g/mol. The van der Waals surface area contributed by atoms with Gasteiger partial charge in [-0.1, -0.05) is 17.8 Å². The van der Waals surface area contributed by atoms with Gasteiger partial charge in [0, 0.05) is 22.9 Å². The predicted octanol–water partition coefficient (Wildman–Crippen LogP) is -0.757. The molecule has 2 amide bonds. The topological polar surface area (TPSA) is 197 Å². The minimum absolute atomic E-state index is 0.103. The lowest BCUT2D eigenvalue weighted by Crippen LogP contribution is -2.70. The molecule has 194 valence electrons. The van der Waals surface area contributed by atoms with Gasteiger partial charge in [0.25, 0.3) is 16.0 Å². The monoisotopic (exact) mass is 575 g/mol. The van der Waals surface area contributed by atoms with E-state index in [2.05, 4.69) is 26.2 Å². The first-order chi connectivity index (χ1) is 17.1. The normalized spacial score (nSPS) is 19.7. The summed E-state index contributed by atoms with van der Waals surface area (Å²) in [6, 6.07) is 2.88. The highest BCUT2D eigenvalue weighted by Gasteiger charge is 2.54. The van der Waals surface area contributed by atoms with Crippen molar-refractivity contribution < 1.29 is 32.5 Å². The fraction of sp³-hybridized carbons (Fsp3) is 0.444. The number of nitrogens with zero attached hydrogens (tertiary/aromatic N) is 5. The number of aromatic nitrogens is 4. The van der Waals surface area contributed by atoms with E-state index >= 15 is 0 Å². The molecule has 2 aliphatic heterocycles. The number of hydrogen-bond donors (Lipinski definition) is 4. The second-order valence-corrected chi connectivity index (χ2v) is 12.2. The smallest absolute Gasteiger partial charge is 0.352 e. The van der Waals surface area contributed by atoms with E-state index in [0.29, 0.717) is 16.5 Å². The van der Waals surface area contributed by atoms with Crippen LogP contribution in [0.3, 0.4) is 0 Å². The molecule has 2 atom stereocenters. The van der Waals surface area contributed by atoms with E-state index in [4.69, 9.17) is 4.55 Å². The van der Waals surface area contributed by atoms with E-state index in [-0.39, 0.29) is 36.9 Å². The molecular formula is C18H21N7O7S4. The average Bonchev–Trinajstić information content (AvgIpc) is 3.49. The van der Waals surface area contributed by atoms with Gasteiger partial charge in [-0.25, -0.2) is 9.48 Å². The van der Waals surface area contributed by atoms with Gasteiger partial charge in [-0.05, 0) is 27.4 Å². The molecule has 0 aliphatic carbocycles.